The molecule has 7 nitrogen and oxygen atoms in total. The van der Waals surface area contributed by atoms with Gasteiger partial charge in [-0.1, -0.05) is 24.3 Å². The van der Waals surface area contributed by atoms with Gasteiger partial charge in [-0.25, -0.2) is 4.98 Å². The maximum Gasteiger partial charge on any atom is 0.168 e. The van der Waals surface area contributed by atoms with Gasteiger partial charge in [-0.15, -0.1) is 0 Å². The van der Waals surface area contributed by atoms with Crippen molar-refractivity contribution in [3.05, 3.63) is 59.4 Å². The molecule has 1 aromatic carbocycles. The molecule has 1 atom stereocenters. The first kappa shape index (κ1) is 19.5. The fraction of sp³-hybridized carbons (Fsp3) is 0.409. The third-order valence-electron chi connectivity index (χ3n) is 5.43. The van der Waals surface area contributed by atoms with Crippen LogP contribution in [0.3, 0.4) is 0 Å². The van der Waals surface area contributed by atoms with Crippen molar-refractivity contribution >= 4 is 17.2 Å². The summed E-state index contributed by atoms with van der Waals surface area (Å²) in [6.07, 6.45) is 3.98. The quantitative estimate of drug-likeness (QED) is 0.646. The molecule has 0 amide bonds. The maximum atomic E-state index is 12.8. The molecule has 29 heavy (non-hydrogen) atoms. The van der Waals surface area contributed by atoms with E-state index in [0.717, 1.165) is 43.0 Å². The molecule has 1 aliphatic rings. The van der Waals surface area contributed by atoms with Crippen molar-refractivity contribution < 1.29 is 9.90 Å². The van der Waals surface area contributed by atoms with Gasteiger partial charge in [0.15, 0.2) is 11.4 Å². The van der Waals surface area contributed by atoms with E-state index in [0.29, 0.717) is 11.3 Å². The molecule has 0 saturated carbocycles. The molecule has 1 fully saturated rings. The second-order valence-electron chi connectivity index (χ2n) is 8.29. The molecule has 1 saturated heterocycles. The van der Waals surface area contributed by atoms with E-state index >= 15 is 0 Å². The summed E-state index contributed by atoms with van der Waals surface area (Å²) < 4.78 is 1.81. The summed E-state index contributed by atoms with van der Waals surface area (Å²) in [5.41, 5.74) is 8.05. The van der Waals surface area contributed by atoms with Gasteiger partial charge in [0, 0.05) is 36.8 Å². The zero-order valence-electron chi connectivity index (χ0n) is 16.9. The second kappa shape index (κ2) is 7.57. The number of rotatable bonds is 5. The molecule has 4 rings (SSSR count). The summed E-state index contributed by atoms with van der Waals surface area (Å²) in [7, 11) is 0. The highest BCUT2D eigenvalue weighted by Gasteiger charge is 2.21. The number of nitrogens with two attached hydrogens (primary N) is 1. The van der Waals surface area contributed by atoms with Gasteiger partial charge in [-0.3, -0.25) is 4.79 Å². The molecule has 0 spiro atoms. The van der Waals surface area contributed by atoms with Crippen molar-refractivity contribution in [1.82, 2.24) is 14.6 Å². The maximum absolute atomic E-state index is 12.8. The Kier molecular flexibility index (Phi) is 5.10. The Morgan fingerprint density at radius 1 is 1.28 bits per heavy atom. The van der Waals surface area contributed by atoms with Gasteiger partial charge in [0.05, 0.1) is 23.9 Å². The topological polar surface area (TPSA) is 96.8 Å². The Morgan fingerprint density at radius 3 is 2.72 bits per heavy atom. The smallest absolute Gasteiger partial charge is 0.168 e. The summed E-state index contributed by atoms with van der Waals surface area (Å²) in [6, 6.07) is 11.0. The van der Waals surface area contributed by atoms with Crippen molar-refractivity contribution in [3.8, 4) is 0 Å². The largest absolute Gasteiger partial charge is 0.386 e. The van der Waals surface area contributed by atoms with Crippen LogP contribution < -0.4 is 10.6 Å². The van der Waals surface area contributed by atoms with E-state index in [4.69, 9.17) is 5.73 Å². The van der Waals surface area contributed by atoms with Gasteiger partial charge >= 0.3 is 0 Å². The van der Waals surface area contributed by atoms with E-state index in [2.05, 4.69) is 15.0 Å². The second-order valence-corrected chi connectivity index (χ2v) is 8.29. The number of anilines is 1. The lowest BCUT2D eigenvalue weighted by Crippen LogP contribution is -2.43. The number of carbonyl (C=O) groups excluding carboxylic acids is 1. The number of Topliss-reactive ketones (excluding diaryl/α,β-unsaturated/α-hetero) is 1. The van der Waals surface area contributed by atoms with Gasteiger partial charge in [0.1, 0.15) is 5.82 Å². The van der Waals surface area contributed by atoms with Gasteiger partial charge < -0.3 is 15.7 Å². The highest BCUT2D eigenvalue weighted by atomic mass is 16.3. The zero-order chi connectivity index (χ0) is 20.6. The molecule has 0 unspecified atom stereocenters. The Hall–Kier alpha value is -2.77. The first-order chi connectivity index (χ1) is 13.8. The molecule has 0 aliphatic carbocycles. The number of ketones is 1. The number of aromatic nitrogens is 3. The zero-order valence-corrected chi connectivity index (χ0v) is 16.9. The summed E-state index contributed by atoms with van der Waals surface area (Å²) >= 11 is 0. The summed E-state index contributed by atoms with van der Waals surface area (Å²) in [6.45, 7) is 5.13. The van der Waals surface area contributed by atoms with Gasteiger partial charge in [0.25, 0.3) is 0 Å². The first-order valence-electron chi connectivity index (χ1n) is 10.0. The third-order valence-corrected chi connectivity index (χ3v) is 5.43. The van der Waals surface area contributed by atoms with E-state index in [-0.39, 0.29) is 18.2 Å². The van der Waals surface area contributed by atoms with Crippen molar-refractivity contribution in [3.63, 3.8) is 0 Å². The minimum Gasteiger partial charge on any atom is -0.386 e. The van der Waals surface area contributed by atoms with Crippen LogP contribution in [0, 0.1) is 0 Å². The highest BCUT2D eigenvalue weighted by molar-refractivity contribution is 5.97. The van der Waals surface area contributed by atoms with Crippen LogP contribution in [-0.2, 0) is 12.0 Å². The average molecular weight is 393 g/mol. The van der Waals surface area contributed by atoms with E-state index in [1.165, 1.54) is 0 Å². The Morgan fingerprint density at radius 2 is 2.03 bits per heavy atom. The van der Waals surface area contributed by atoms with Crippen LogP contribution in [0.15, 0.2) is 42.6 Å². The lowest BCUT2D eigenvalue weighted by atomic mass is 9.96. The van der Waals surface area contributed by atoms with Crippen LogP contribution >= 0.6 is 0 Å². The van der Waals surface area contributed by atoms with Crippen LogP contribution in [0.2, 0.25) is 0 Å². The molecule has 3 heterocycles. The fourth-order valence-electron chi connectivity index (χ4n) is 3.81. The Labute approximate surface area is 170 Å². The number of aliphatic hydroxyl groups is 1. The molecule has 7 heteroatoms. The van der Waals surface area contributed by atoms with E-state index in [1.807, 2.05) is 16.6 Å². The predicted octanol–water partition coefficient (Wildman–Crippen LogP) is 2.31. The number of benzene rings is 1. The van der Waals surface area contributed by atoms with Gasteiger partial charge in [0.2, 0.25) is 0 Å². The monoisotopic (exact) mass is 393 g/mol. The van der Waals surface area contributed by atoms with Crippen molar-refractivity contribution in [1.29, 1.82) is 0 Å². The molecule has 2 aromatic heterocycles. The standard InChI is InChI=1S/C22H27N5O2/c1-22(2,29)16-7-5-15(6-8-16)19(28)12-18-13-21(26-11-3-4-17(23)14-26)27-20(25-18)9-10-24-27/h5-10,13,17,29H,3-4,11-12,14,23H2,1-2H3/t17-/m1/s1. The highest BCUT2D eigenvalue weighted by Crippen LogP contribution is 2.23. The summed E-state index contributed by atoms with van der Waals surface area (Å²) in [5.74, 6) is 0.917. The molecule has 152 valence electrons. The average Bonchev–Trinajstić information content (AvgIpc) is 3.15. The number of nitrogens with zero attached hydrogens (tertiary/aromatic N) is 4. The number of hydrogen-bond acceptors (Lipinski definition) is 6. The first-order valence-corrected chi connectivity index (χ1v) is 10.0. The van der Waals surface area contributed by atoms with Crippen LogP contribution in [0.4, 0.5) is 5.82 Å². The summed E-state index contributed by atoms with van der Waals surface area (Å²) in [5, 5.41) is 14.5. The van der Waals surface area contributed by atoms with Crippen LogP contribution in [0.25, 0.3) is 5.65 Å². The molecule has 1 aliphatic heterocycles. The molecular formula is C22H27N5O2. The molecule has 0 bridgehead atoms. The number of fused-ring (bicyclic) bond motifs is 1. The van der Waals surface area contributed by atoms with Crippen molar-refractivity contribution in [2.75, 3.05) is 18.0 Å². The molecule has 0 radical (unpaired) electrons. The van der Waals surface area contributed by atoms with Crippen molar-refractivity contribution in [2.24, 2.45) is 5.73 Å². The minimum atomic E-state index is -0.930. The van der Waals surface area contributed by atoms with Crippen LogP contribution in [-0.4, -0.2) is 44.6 Å². The van der Waals surface area contributed by atoms with Crippen LogP contribution in [0.1, 0.15) is 48.3 Å². The molecular weight excluding hydrogens is 366 g/mol. The molecule has 3 aromatic rings. The Bertz CT molecular complexity index is 1020. The SMILES string of the molecule is CC(C)(O)c1ccc(C(=O)Cc2cc(N3CCC[C@@H](N)C3)n3nccc3n2)cc1. The fourth-order valence-corrected chi connectivity index (χ4v) is 3.81. The number of piperidine rings is 1. The minimum absolute atomic E-state index is 0.00930. The lowest BCUT2D eigenvalue weighted by Gasteiger charge is -2.32. The van der Waals surface area contributed by atoms with Crippen molar-refractivity contribution in [2.45, 2.75) is 44.8 Å². The van der Waals surface area contributed by atoms with Gasteiger partial charge in [-0.2, -0.15) is 9.61 Å². The number of hydrogen-bond donors (Lipinski definition) is 2. The summed E-state index contributed by atoms with van der Waals surface area (Å²) in [4.78, 5) is 19.7. The predicted molar refractivity (Wildman–Crippen MR) is 112 cm³/mol. The molecule has 3 N–H and O–H groups in total. The van der Waals surface area contributed by atoms with E-state index in [1.54, 1.807) is 44.3 Å². The Balaban J connectivity index is 1.60. The number of carbonyl (C=O) groups is 1. The van der Waals surface area contributed by atoms with E-state index in [9.17, 15) is 9.90 Å². The lowest BCUT2D eigenvalue weighted by molar-refractivity contribution is 0.0784. The van der Waals surface area contributed by atoms with Crippen LogP contribution in [0.5, 0.6) is 0 Å². The van der Waals surface area contributed by atoms with Gasteiger partial charge in [-0.05, 0) is 32.3 Å². The normalized spacial score (nSPS) is 17.7. The van der Waals surface area contributed by atoms with E-state index < -0.39 is 5.60 Å². The third kappa shape index (κ3) is 4.16.